The van der Waals surface area contributed by atoms with E-state index in [2.05, 4.69) is 15.1 Å². The predicted molar refractivity (Wildman–Crippen MR) is 108 cm³/mol. The van der Waals surface area contributed by atoms with Crippen molar-refractivity contribution in [2.45, 2.75) is 0 Å². The first-order chi connectivity index (χ1) is 13.2. The molecule has 0 bridgehead atoms. The van der Waals surface area contributed by atoms with Gasteiger partial charge in [-0.1, -0.05) is 72.3 Å². The van der Waals surface area contributed by atoms with Crippen LogP contribution in [0.25, 0.3) is 22.2 Å². The number of nitrogens with zero attached hydrogens (tertiary/aromatic N) is 3. The summed E-state index contributed by atoms with van der Waals surface area (Å²) in [6.45, 7) is 0. The van der Waals surface area contributed by atoms with E-state index >= 15 is 0 Å². The summed E-state index contributed by atoms with van der Waals surface area (Å²) < 4.78 is 0. The molecular formula is C21H15ClN4O. The Morgan fingerprint density at radius 1 is 0.926 bits per heavy atom. The number of nitrogens with two attached hydrogens (primary N) is 1. The van der Waals surface area contributed by atoms with Crippen LogP contribution in [-0.4, -0.2) is 20.8 Å². The Morgan fingerprint density at radius 3 is 2.44 bits per heavy atom. The number of aromatic hydroxyl groups is 1. The Labute approximate surface area is 160 Å². The molecule has 0 atom stereocenters. The zero-order valence-electron chi connectivity index (χ0n) is 14.2. The summed E-state index contributed by atoms with van der Waals surface area (Å²) >= 11 is 6.24. The molecule has 0 fully saturated rings. The average Bonchev–Trinajstić information content (AvgIpc) is 2.70. The molecule has 6 heteroatoms. The van der Waals surface area contributed by atoms with Gasteiger partial charge in [-0.05, 0) is 16.8 Å². The van der Waals surface area contributed by atoms with E-state index in [1.54, 1.807) is 12.1 Å². The van der Waals surface area contributed by atoms with Gasteiger partial charge in [0.1, 0.15) is 16.6 Å². The lowest BCUT2D eigenvalue weighted by atomic mass is 9.98. The summed E-state index contributed by atoms with van der Waals surface area (Å²) in [5.41, 5.74) is 2.10. The SMILES string of the molecule is N/N=C(/c1cc(Cl)nc(-c2ccccc2)n1)c1c(O)ccc2ccccc12. The highest BCUT2D eigenvalue weighted by molar-refractivity contribution is 6.30. The van der Waals surface area contributed by atoms with Crippen molar-refractivity contribution >= 4 is 28.1 Å². The van der Waals surface area contributed by atoms with Gasteiger partial charge in [-0.3, -0.25) is 0 Å². The zero-order chi connectivity index (χ0) is 18.8. The fourth-order valence-corrected chi connectivity index (χ4v) is 3.21. The fraction of sp³-hybridized carbons (Fsp3) is 0. The second-order valence-corrected chi connectivity index (χ2v) is 6.31. The minimum Gasteiger partial charge on any atom is -0.507 e. The lowest BCUT2D eigenvalue weighted by molar-refractivity contribution is 0.475. The van der Waals surface area contributed by atoms with E-state index in [0.717, 1.165) is 16.3 Å². The smallest absolute Gasteiger partial charge is 0.161 e. The van der Waals surface area contributed by atoms with Crippen LogP contribution >= 0.6 is 11.6 Å². The van der Waals surface area contributed by atoms with Crippen LogP contribution in [0, 0.1) is 0 Å². The van der Waals surface area contributed by atoms with Crippen molar-refractivity contribution in [2.75, 3.05) is 0 Å². The van der Waals surface area contributed by atoms with E-state index in [1.807, 2.05) is 60.7 Å². The first-order valence-corrected chi connectivity index (χ1v) is 8.64. The topological polar surface area (TPSA) is 84.4 Å². The highest BCUT2D eigenvalue weighted by Gasteiger charge is 2.18. The van der Waals surface area contributed by atoms with Gasteiger partial charge in [-0.25, -0.2) is 9.97 Å². The molecule has 0 radical (unpaired) electrons. The third kappa shape index (κ3) is 3.20. The molecule has 3 N–H and O–H groups in total. The van der Waals surface area contributed by atoms with Crippen LogP contribution in [0.1, 0.15) is 11.3 Å². The van der Waals surface area contributed by atoms with Crippen molar-refractivity contribution in [1.82, 2.24) is 9.97 Å². The standard InChI is InChI=1S/C21H15ClN4O/c22-18-12-16(24-21(25-18)14-7-2-1-3-8-14)20(26-23)19-15-9-5-4-6-13(15)10-11-17(19)27/h1-12,27H,23H2/b26-20-. The van der Waals surface area contributed by atoms with Crippen molar-refractivity contribution in [3.8, 4) is 17.1 Å². The monoisotopic (exact) mass is 374 g/mol. The molecule has 0 aliphatic carbocycles. The van der Waals surface area contributed by atoms with Crippen molar-refractivity contribution in [3.05, 3.63) is 89.2 Å². The minimum atomic E-state index is 0.0638. The van der Waals surface area contributed by atoms with Crippen LogP contribution in [0.2, 0.25) is 5.15 Å². The number of hydrazone groups is 1. The van der Waals surface area contributed by atoms with Gasteiger partial charge < -0.3 is 10.9 Å². The molecule has 27 heavy (non-hydrogen) atoms. The van der Waals surface area contributed by atoms with Crippen LogP contribution in [-0.2, 0) is 0 Å². The summed E-state index contributed by atoms with van der Waals surface area (Å²) in [5.74, 6) is 6.23. The number of hydrogen-bond acceptors (Lipinski definition) is 5. The highest BCUT2D eigenvalue weighted by atomic mass is 35.5. The second-order valence-electron chi connectivity index (χ2n) is 5.92. The number of hydrogen-bond donors (Lipinski definition) is 2. The van der Waals surface area contributed by atoms with Crippen molar-refractivity contribution in [2.24, 2.45) is 10.9 Å². The fourth-order valence-electron chi connectivity index (χ4n) is 3.02. The predicted octanol–water partition coefficient (Wildman–Crippen LogP) is 4.37. The Bertz CT molecular complexity index is 1160. The van der Waals surface area contributed by atoms with E-state index in [-0.39, 0.29) is 10.9 Å². The zero-order valence-corrected chi connectivity index (χ0v) is 14.9. The normalized spacial score (nSPS) is 11.7. The molecule has 4 rings (SSSR count). The molecule has 0 saturated heterocycles. The lowest BCUT2D eigenvalue weighted by Gasteiger charge is -2.12. The second kappa shape index (κ2) is 7.05. The molecule has 0 saturated carbocycles. The van der Waals surface area contributed by atoms with Crippen LogP contribution in [0.3, 0.4) is 0 Å². The third-order valence-electron chi connectivity index (χ3n) is 4.24. The van der Waals surface area contributed by atoms with E-state index in [4.69, 9.17) is 17.4 Å². The Kier molecular flexibility index (Phi) is 4.44. The lowest BCUT2D eigenvalue weighted by Crippen LogP contribution is -2.11. The van der Waals surface area contributed by atoms with Crippen molar-refractivity contribution in [1.29, 1.82) is 0 Å². The van der Waals surface area contributed by atoms with Crippen molar-refractivity contribution in [3.63, 3.8) is 0 Å². The molecule has 0 aliphatic heterocycles. The van der Waals surface area contributed by atoms with Gasteiger partial charge in [0.15, 0.2) is 5.82 Å². The molecule has 132 valence electrons. The van der Waals surface area contributed by atoms with Gasteiger partial charge in [0.2, 0.25) is 0 Å². The Morgan fingerprint density at radius 2 is 1.67 bits per heavy atom. The van der Waals surface area contributed by atoms with E-state index < -0.39 is 0 Å². The van der Waals surface area contributed by atoms with Crippen LogP contribution < -0.4 is 5.84 Å². The molecule has 3 aromatic carbocycles. The van der Waals surface area contributed by atoms with E-state index in [0.29, 0.717) is 22.8 Å². The van der Waals surface area contributed by atoms with E-state index in [9.17, 15) is 5.11 Å². The number of phenolic OH excluding ortho intramolecular Hbond substituents is 1. The average molecular weight is 375 g/mol. The molecule has 4 aromatic rings. The summed E-state index contributed by atoms with van der Waals surface area (Å²) in [7, 11) is 0. The molecule has 0 spiro atoms. The number of benzene rings is 3. The first-order valence-electron chi connectivity index (χ1n) is 8.26. The Balaban J connectivity index is 1.93. The number of rotatable bonds is 3. The summed E-state index contributed by atoms with van der Waals surface area (Å²) in [6, 6.07) is 22.2. The summed E-state index contributed by atoms with van der Waals surface area (Å²) in [4.78, 5) is 8.88. The van der Waals surface area contributed by atoms with Crippen LogP contribution in [0.5, 0.6) is 5.75 Å². The molecule has 1 aromatic heterocycles. The number of aromatic nitrogens is 2. The third-order valence-corrected chi connectivity index (χ3v) is 4.44. The Hall–Kier alpha value is -3.44. The number of fused-ring (bicyclic) bond motifs is 1. The van der Waals surface area contributed by atoms with Gasteiger partial charge in [0, 0.05) is 11.6 Å². The minimum absolute atomic E-state index is 0.0638. The van der Waals surface area contributed by atoms with Gasteiger partial charge in [0.25, 0.3) is 0 Å². The van der Waals surface area contributed by atoms with E-state index in [1.165, 1.54) is 0 Å². The number of phenols is 1. The maximum absolute atomic E-state index is 10.5. The number of halogens is 1. The largest absolute Gasteiger partial charge is 0.507 e. The molecule has 5 nitrogen and oxygen atoms in total. The van der Waals surface area contributed by atoms with Gasteiger partial charge in [-0.2, -0.15) is 5.10 Å². The maximum Gasteiger partial charge on any atom is 0.161 e. The quantitative estimate of drug-likeness (QED) is 0.241. The molecule has 1 heterocycles. The van der Waals surface area contributed by atoms with Gasteiger partial charge >= 0.3 is 0 Å². The molecule has 0 aliphatic rings. The summed E-state index contributed by atoms with van der Waals surface area (Å²) in [5, 5.41) is 16.5. The first kappa shape index (κ1) is 17.0. The van der Waals surface area contributed by atoms with Gasteiger partial charge in [0.05, 0.1) is 11.3 Å². The maximum atomic E-state index is 10.5. The van der Waals surface area contributed by atoms with Crippen LogP contribution in [0.4, 0.5) is 0 Å². The van der Waals surface area contributed by atoms with Gasteiger partial charge in [-0.15, -0.1) is 0 Å². The van der Waals surface area contributed by atoms with Crippen molar-refractivity contribution < 1.29 is 5.11 Å². The highest BCUT2D eigenvalue weighted by Crippen LogP contribution is 2.30. The summed E-state index contributed by atoms with van der Waals surface area (Å²) in [6.07, 6.45) is 0. The molecule has 0 amide bonds. The molecular weight excluding hydrogens is 360 g/mol. The van der Waals surface area contributed by atoms with Crippen LogP contribution in [0.15, 0.2) is 77.9 Å². The molecule has 0 unspecified atom stereocenters.